The SMILES string of the molecule is COc1ccc(CNC(C)c2ccccc2OC)c(O)c1. The molecule has 2 N–H and O–H groups in total. The highest BCUT2D eigenvalue weighted by atomic mass is 16.5. The van der Waals surface area contributed by atoms with Crippen LogP contribution >= 0.6 is 0 Å². The maximum absolute atomic E-state index is 9.96. The van der Waals surface area contributed by atoms with Crippen LogP contribution in [0.4, 0.5) is 0 Å². The van der Waals surface area contributed by atoms with Crippen LogP contribution in [0.25, 0.3) is 0 Å². The van der Waals surface area contributed by atoms with E-state index in [1.54, 1.807) is 20.3 Å². The minimum atomic E-state index is 0.114. The van der Waals surface area contributed by atoms with E-state index in [4.69, 9.17) is 9.47 Å². The molecule has 4 nitrogen and oxygen atoms in total. The molecule has 0 saturated carbocycles. The third-order valence-electron chi connectivity index (χ3n) is 3.50. The van der Waals surface area contributed by atoms with Crippen molar-refractivity contribution < 1.29 is 14.6 Å². The quantitative estimate of drug-likeness (QED) is 0.856. The fraction of sp³-hybridized carbons (Fsp3) is 0.294. The first kappa shape index (κ1) is 15.2. The van der Waals surface area contributed by atoms with Crippen molar-refractivity contribution in [2.45, 2.75) is 19.5 Å². The lowest BCUT2D eigenvalue weighted by molar-refractivity contribution is 0.399. The number of hydrogen-bond acceptors (Lipinski definition) is 4. The molecule has 112 valence electrons. The molecule has 0 aliphatic rings. The van der Waals surface area contributed by atoms with Gasteiger partial charge in [-0.25, -0.2) is 0 Å². The van der Waals surface area contributed by atoms with E-state index in [0.29, 0.717) is 12.3 Å². The first-order chi connectivity index (χ1) is 10.2. The molecule has 0 fully saturated rings. The van der Waals surface area contributed by atoms with Crippen LogP contribution < -0.4 is 14.8 Å². The molecule has 0 amide bonds. The second-order valence-electron chi connectivity index (χ2n) is 4.84. The van der Waals surface area contributed by atoms with Crippen molar-refractivity contribution in [2.24, 2.45) is 0 Å². The number of aromatic hydroxyl groups is 1. The monoisotopic (exact) mass is 287 g/mol. The van der Waals surface area contributed by atoms with Gasteiger partial charge in [-0.1, -0.05) is 24.3 Å². The van der Waals surface area contributed by atoms with Crippen molar-refractivity contribution >= 4 is 0 Å². The highest BCUT2D eigenvalue weighted by molar-refractivity contribution is 5.40. The van der Waals surface area contributed by atoms with E-state index in [1.807, 2.05) is 36.4 Å². The van der Waals surface area contributed by atoms with E-state index in [-0.39, 0.29) is 11.8 Å². The van der Waals surface area contributed by atoms with Crippen LogP contribution in [0.5, 0.6) is 17.2 Å². The number of nitrogens with one attached hydrogen (secondary N) is 1. The summed E-state index contributed by atoms with van der Waals surface area (Å²) in [4.78, 5) is 0. The van der Waals surface area contributed by atoms with Crippen molar-refractivity contribution in [2.75, 3.05) is 14.2 Å². The Bertz CT molecular complexity index is 598. The predicted molar refractivity (Wildman–Crippen MR) is 82.9 cm³/mol. The lowest BCUT2D eigenvalue weighted by Gasteiger charge is -2.17. The van der Waals surface area contributed by atoms with Crippen molar-refractivity contribution in [1.29, 1.82) is 0 Å². The van der Waals surface area contributed by atoms with Crippen molar-refractivity contribution in [3.05, 3.63) is 53.6 Å². The Balaban J connectivity index is 2.05. The van der Waals surface area contributed by atoms with Gasteiger partial charge in [-0.05, 0) is 19.1 Å². The standard InChI is InChI=1S/C17H21NO3/c1-12(15-6-4-5-7-17(15)21-3)18-11-13-8-9-14(20-2)10-16(13)19/h4-10,12,18-19H,11H2,1-3H3. The highest BCUT2D eigenvalue weighted by Crippen LogP contribution is 2.26. The molecule has 2 aromatic rings. The van der Waals surface area contributed by atoms with E-state index < -0.39 is 0 Å². The van der Waals surface area contributed by atoms with Gasteiger partial charge in [0.2, 0.25) is 0 Å². The van der Waals surface area contributed by atoms with Gasteiger partial charge in [0.25, 0.3) is 0 Å². The predicted octanol–water partition coefficient (Wildman–Crippen LogP) is 3.26. The normalized spacial score (nSPS) is 12.0. The lowest BCUT2D eigenvalue weighted by atomic mass is 10.1. The number of hydrogen-bond donors (Lipinski definition) is 2. The molecule has 0 aliphatic heterocycles. The number of benzene rings is 2. The van der Waals surface area contributed by atoms with E-state index >= 15 is 0 Å². The summed E-state index contributed by atoms with van der Waals surface area (Å²) < 4.78 is 10.4. The summed E-state index contributed by atoms with van der Waals surface area (Å²) in [5.41, 5.74) is 1.92. The van der Waals surface area contributed by atoms with Crippen LogP contribution in [-0.4, -0.2) is 19.3 Å². The lowest BCUT2D eigenvalue weighted by Crippen LogP contribution is -2.18. The summed E-state index contributed by atoms with van der Waals surface area (Å²) in [6.45, 7) is 2.63. The minimum Gasteiger partial charge on any atom is -0.507 e. The second-order valence-corrected chi connectivity index (χ2v) is 4.84. The van der Waals surface area contributed by atoms with Crippen LogP contribution in [0.15, 0.2) is 42.5 Å². The smallest absolute Gasteiger partial charge is 0.123 e. The molecule has 1 atom stereocenters. The van der Waals surface area contributed by atoms with Crippen LogP contribution in [0.2, 0.25) is 0 Å². The van der Waals surface area contributed by atoms with Crippen LogP contribution in [0, 0.1) is 0 Å². The molecular formula is C17H21NO3. The Hall–Kier alpha value is -2.20. The van der Waals surface area contributed by atoms with Crippen molar-refractivity contribution in [3.63, 3.8) is 0 Å². The summed E-state index contributed by atoms with van der Waals surface area (Å²) >= 11 is 0. The molecule has 0 spiro atoms. The van der Waals surface area contributed by atoms with E-state index in [0.717, 1.165) is 16.9 Å². The van der Waals surface area contributed by atoms with Crippen LogP contribution in [0.1, 0.15) is 24.1 Å². The molecule has 4 heteroatoms. The number of phenols is 1. The summed E-state index contributed by atoms with van der Waals surface area (Å²) in [7, 11) is 3.25. The number of rotatable bonds is 6. The van der Waals surface area contributed by atoms with Gasteiger partial charge in [0, 0.05) is 29.8 Å². The van der Waals surface area contributed by atoms with Gasteiger partial charge in [-0.2, -0.15) is 0 Å². The molecule has 2 rings (SSSR count). The van der Waals surface area contributed by atoms with Gasteiger partial charge in [0.15, 0.2) is 0 Å². The second kappa shape index (κ2) is 6.99. The van der Waals surface area contributed by atoms with E-state index in [9.17, 15) is 5.11 Å². The molecule has 0 aromatic heterocycles. The molecule has 0 aliphatic carbocycles. The first-order valence-corrected chi connectivity index (χ1v) is 6.88. The number of methoxy groups -OCH3 is 2. The Morgan fingerprint density at radius 2 is 1.86 bits per heavy atom. The Morgan fingerprint density at radius 3 is 2.52 bits per heavy atom. The van der Waals surface area contributed by atoms with Gasteiger partial charge in [-0.15, -0.1) is 0 Å². The largest absolute Gasteiger partial charge is 0.507 e. The van der Waals surface area contributed by atoms with Crippen LogP contribution in [-0.2, 0) is 6.54 Å². The minimum absolute atomic E-state index is 0.114. The average Bonchev–Trinajstić information content (AvgIpc) is 2.53. The Labute approximate surface area is 125 Å². The van der Waals surface area contributed by atoms with Crippen LogP contribution in [0.3, 0.4) is 0 Å². The van der Waals surface area contributed by atoms with Gasteiger partial charge >= 0.3 is 0 Å². The first-order valence-electron chi connectivity index (χ1n) is 6.88. The summed E-state index contributed by atoms with van der Waals surface area (Å²) in [6.07, 6.45) is 0. The van der Waals surface area contributed by atoms with E-state index in [2.05, 4.69) is 12.2 Å². The average molecular weight is 287 g/mol. The zero-order chi connectivity index (χ0) is 15.2. The summed E-state index contributed by atoms with van der Waals surface area (Å²) in [6, 6.07) is 13.3. The molecule has 0 heterocycles. The maximum Gasteiger partial charge on any atom is 0.123 e. The zero-order valence-electron chi connectivity index (χ0n) is 12.6. The number of para-hydroxylation sites is 1. The Kier molecular flexibility index (Phi) is 5.06. The van der Waals surface area contributed by atoms with E-state index in [1.165, 1.54) is 0 Å². The molecule has 0 bridgehead atoms. The Morgan fingerprint density at radius 1 is 1.10 bits per heavy atom. The van der Waals surface area contributed by atoms with Gasteiger partial charge in [0.05, 0.1) is 14.2 Å². The number of phenolic OH excluding ortho intramolecular Hbond substituents is 1. The third-order valence-corrected chi connectivity index (χ3v) is 3.50. The van der Waals surface area contributed by atoms with Crippen molar-refractivity contribution in [3.8, 4) is 17.2 Å². The molecule has 2 aromatic carbocycles. The molecule has 1 unspecified atom stereocenters. The highest BCUT2D eigenvalue weighted by Gasteiger charge is 2.11. The third kappa shape index (κ3) is 3.67. The molecule has 0 radical (unpaired) electrons. The summed E-state index contributed by atoms with van der Waals surface area (Å²) in [5, 5.41) is 13.3. The van der Waals surface area contributed by atoms with Gasteiger partial charge < -0.3 is 19.9 Å². The molecule has 0 saturated heterocycles. The topological polar surface area (TPSA) is 50.7 Å². The molecule has 21 heavy (non-hydrogen) atoms. The fourth-order valence-corrected chi connectivity index (χ4v) is 2.22. The zero-order valence-corrected chi connectivity index (χ0v) is 12.6. The van der Waals surface area contributed by atoms with Gasteiger partial charge in [0.1, 0.15) is 17.2 Å². The van der Waals surface area contributed by atoms with Gasteiger partial charge in [-0.3, -0.25) is 0 Å². The number of ether oxygens (including phenoxy) is 2. The maximum atomic E-state index is 9.96. The van der Waals surface area contributed by atoms with Crippen molar-refractivity contribution in [1.82, 2.24) is 5.32 Å². The fourth-order valence-electron chi connectivity index (χ4n) is 2.22. The summed E-state index contributed by atoms with van der Waals surface area (Å²) in [5.74, 6) is 1.74. The molecular weight excluding hydrogens is 266 g/mol.